The summed E-state index contributed by atoms with van der Waals surface area (Å²) in [5.41, 5.74) is 2.95. The van der Waals surface area contributed by atoms with Gasteiger partial charge in [-0.1, -0.05) is 11.6 Å². The Hall–Kier alpha value is -1.68. The molecule has 0 spiro atoms. The summed E-state index contributed by atoms with van der Waals surface area (Å²) < 4.78 is 0. The van der Waals surface area contributed by atoms with E-state index in [0.717, 1.165) is 30.3 Å². The van der Waals surface area contributed by atoms with Gasteiger partial charge in [-0.05, 0) is 38.5 Å². The molecule has 4 nitrogen and oxygen atoms in total. The molecule has 2 rings (SSSR count). The zero-order valence-corrected chi connectivity index (χ0v) is 12.1. The first-order chi connectivity index (χ1) is 9.11. The van der Waals surface area contributed by atoms with Gasteiger partial charge in [-0.3, -0.25) is 4.98 Å². The van der Waals surface area contributed by atoms with Crippen molar-refractivity contribution in [2.45, 2.75) is 27.3 Å². The molecule has 0 saturated carbocycles. The van der Waals surface area contributed by atoms with E-state index in [-0.39, 0.29) is 0 Å². The number of nitrogens with zero attached hydrogens (tertiary/aromatic N) is 4. The number of halogens is 1. The standard InChI is InChI=1S/C14H17ClN4/c1-4-19(9-12-5-7-16-8-6-12)14-13(15)17-10(2)11(3)18-14/h5-8H,4,9H2,1-3H3. The van der Waals surface area contributed by atoms with Gasteiger partial charge in [0, 0.05) is 25.5 Å². The van der Waals surface area contributed by atoms with Crippen LogP contribution in [0, 0.1) is 13.8 Å². The Kier molecular flexibility index (Phi) is 4.32. The van der Waals surface area contributed by atoms with E-state index in [2.05, 4.69) is 26.8 Å². The Morgan fingerprint density at radius 2 is 1.74 bits per heavy atom. The summed E-state index contributed by atoms with van der Waals surface area (Å²) in [6.45, 7) is 7.50. The second-order valence-corrected chi connectivity index (χ2v) is 4.74. The lowest BCUT2D eigenvalue weighted by Gasteiger charge is -2.23. The van der Waals surface area contributed by atoms with Gasteiger partial charge in [0.1, 0.15) is 0 Å². The number of hydrogen-bond acceptors (Lipinski definition) is 4. The van der Waals surface area contributed by atoms with Gasteiger partial charge in [-0.15, -0.1) is 0 Å². The number of hydrogen-bond donors (Lipinski definition) is 0. The van der Waals surface area contributed by atoms with E-state index in [1.165, 1.54) is 5.56 Å². The van der Waals surface area contributed by atoms with E-state index < -0.39 is 0 Å². The molecule has 100 valence electrons. The van der Waals surface area contributed by atoms with Crippen LogP contribution in [-0.4, -0.2) is 21.5 Å². The van der Waals surface area contributed by atoms with Crippen LogP contribution < -0.4 is 4.90 Å². The highest BCUT2D eigenvalue weighted by Crippen LogP contribution is 2.24. The van der Waals surface area contributed by atoms with Crippen molar-refractivity contribution < 1.29 is 0 Å². The maximum absolute atomic E-state index is 6.21. The third kappa shape index (κ3) is 3.20. The summed E-state index contributed by atoms with van der Waals surface area (Å²) in [7, 11) is 0. The lowest BCUT2D eigenvalue weighted by Crippen LogP contribution is -2.24. The predicted octanol–water partition coefficient (Wildman–Crippen LogP) is 3.17. The summed E-state index contributed by atoms with van der Waals surface area (Å²) in [4.78, 5) is 15.0. The van der Waals surface area contributed by atoms with Crippen LogP contribution in [-0.2, 0) is 6.54 Å². The lowest BCUT2D eigenvalue weighted by molar-refractivity contribution is 0.801. The Bertz CT molecular complexity index is 557. The molecule has 0 fully saturated rings. The molecule has 5 heteroatoms. The van der Waals surface area contributed by atoms with Crippen LogP contribution in [0.15, 0.2) is 24.5 Å². The maximum Gasteiger partial charge on any atom is 0.171 e. The Morgan fingerprint density at radius 3 is 2.37 bits per heavy atom. The van der Waals surface area contributed by atoms with Crippen LogP contribution in [0.3, 0.4) is 0 Å². The first-order valence-corrected chi connectivity index (χ1v) is 6.64. The highest BCUT2D eigenvalue weighted by atomic mass is 35.5. The highest BCUT2D eigenvalue weighted by Gasteiger charge is 2.14. The minimum Gasteiger partial charge on any atom is -0.350 e. The molecular formula is C14H17ClN4. The second kappa shape index (κ2) is 5.97. The van der Waals surface area contributed by atoms with Crippen LogP contribution in [0.25, 0.3) is 0 Å². The van der Waals surface area contributed by atoms with Crippen molar-refractivity contribution in [3.63, 3.8) is 0 Å². The first-order valence-electron chi connectivity index (χ1n) is 6.26. The largest absolute Gasteiger partial charge is 0.350 e. The van der Waals surface area contributed by atoms with Crippen molar-refractivity contribution >= 4 is 17.4 Å². The van der Waals surface area contributed by atoms with Crippen LogP contribution in [0.5, 0.6) is 0 Å². The number of anilines is 1. The molecule has 19 heavy (non-hydrogen) atoms. The fourth-order valence-electron chi connectivity index (χ4n) is 1.81. The third-order valence-electron chi connectivity index (χ3n) is 3.05. The Morgan fingerprint density at radius 1 is 1.11 bits per heavy atom. The summed E-state index contributed by atoms with van der Waals surface area (Å²) >= 11 is 6.21. The quantitative estimate of drug-likeness (QED) is 0.860. The zero-order chi connectivity index (χ0) is 13.8. The summed E-state index contributed by atoms with van der Waals surface area (Å²) in [5, 5.41) is 0.457. The minimum absolute atomic E-state index is 0.457. The van der Waals surface area contributed by atoms with Gasteiger partial charge in [-0.25, -0.2) is 9.97 Å². The van der Waals surface area contributed by atoms with Crippen LogP contribution >= 0.6 is 11.6 Å². The van der Waals surface area contributed by atoms with E-state index in [0.29, 0.717) is 5.15 Å². The molecule has 0 N–H and O–H groups in total. The molecule has 0 atom stereocenters. The summed E-state index contributed by atoms with van der Waals surface area (Å²) in [6, 6.07) is 3.98. The SMILES string of the molecule is CCN(Cc1ccncc1)c1nc(C)c(C)nc1Cl. The molecule has 0 aliphatic carbocycles. The minimum atomic E-state index is 0.457. The topological polar surface area (TPSA) is 41.9 Å². The predicted molar refractivity (Wildman–Crippen MR) is 77.5 cm³/mol. The fraction of sp³-hybridized carbons (Fsp3) is 0.357. The van der Waals surface area contributed by atoms with Gasteiger partial charge in [-0.2, -0.15) is 0 Å². The van der Waals surface area contributed by atoms with Crippen LogP contribution in [0.2, 0.25) is 5.15 Å². The van der Waals surface area contributed by atoms with Crippen LogP contribution in [0.4, 0.5) is 5.82 Å². The number of rotatable bonds is 4. The van der Waals surface area contributed by atoms with Crippen molar-refractivity contribution in [3.8, 4) is 0 Å². The molecule has 0 aliphatic rings. The molecule has 0 amide bonds. The van der Waals surface area contributed by atoms with Gasteiger partial charge in [0.05, 0.1) is 11.4 Å². The zero-order valence-electron chi connectivity index (χ0n) is 11.4. The number of aromatic nitrogens is 3. The summed E-state index contributed by atoms with van der Waals surface area (Å²) in [6.07, 6.45) is 3.58. The average Bonchev–Trinajstić information content (AvgIpc) is 2.42. The number of pyridine rings is 1. The smallest absolute Gasteiger partial charge is 0.171 e. The molecule has 0 radical (unpaired) electrons. The second-order valence-electron chi connectivity index (χ2n) is 4.38. The highest BCUT2D eigenvalue weighted by molar-refractivity contribution is 6.31. The number of aryl methyl sites for hydroxylation is 2. The molecule has 2 aromatic heterocycles. The van der Waals surface area contributed by atoms with E-state index in [9.17, 15) is 0 Å². The summed E-state index contributed by atoms with van der Waals surface area (Å²) in [5.74, 6) is 0.740. The van der Waals surface area contributed by atoms with E-state index in [1.54, 1.807) is 12.4 Å². The molecular weight excluding hydrogens is 260 g/mol. The average molecular weight is 277 g/mol. The molecule has 0 aliphatic heterocycles. The van der Waals surface area contributed by atoms with E-state index in [1.807, 2.05) is 26.0 Å². The molecule has 0 aromatic carbocycles. The van der Waals surface area contributed by atoms with Gasteiger partial charge < -0.3 is 4.90 Å². The normalized spacial score (nSPS) is 10.5. The maximum atomic E-state index is 6.21. The van der Waals surface area contributed by atoms with Gasteiger partial charge in [0.2, 0.25) is 0 Å². The third-order valence-corrected chi connectivity index (χ3v) is 3.31. The van der Waals surface area contributed by atoms with Gasteiger partial charge in [0.15, 0.2) is 11.0 Å². The fourth-order valence-corrected chi connectivity index (χ4v) is 2.10. The van der Waals surface area contributed by atoms with Crippen molar-refractivity contribution in [1.82, 2.24) is 15.0 Å². The van der Waals surface area contributed by atoms with Crippen molar-refractivity contribution in [2.24, 2.45) is 0 Å². The molecule has 2 heterocycles. The molecule has 2 aromatic rings. The lowest BCUT2D eigenvalue weighted by atomic mass is 10.2. The molecule has 0 bridgehead atoms. The first kappa shape index (κ1) is 13.7. The molecule has 0 unspecified atom stereocenters. The monoisotopic (exact) mass is 276 g/mol. The Balaban J connectivity index is 2.30. The van der Waals surface area contributed by atoms with Gasteiger partial charge in [0.25, 0.3) is 0 Å². The Labute approximate surface area is 118 Å². The van der Waals surface area contributed by atoms with Crippen molar-refractivity contribution in [3.05, 3.63) is 46.6 Å². The molecule has 0 saturated heterocycles. The van der Waals surface area contributed by atoms with Gasteiger partial charge >= 0.3 is 0 Å². The van der Waals surface area contributed by atoms with Crippen molar-refractivity contribution in [1.29, 1.82) is 0 Å². The van der Waals surface area contributed by atoms with Crippen molar-refractivity contribution in [2.75, 3.05) is 11.4 Å². The van der Waals surface area contributed by atoms with E-state index in [4.69, 9.17) is 11.6 Å². The van der Waals surface area contributed by atoms with E-state index >= 15 is 0 Å². The van der Waals surface area contributed by atoms with Crippen LogP contribution in [0.1, 0.15) is 23.9 Å².